The second kappa shape index (κ2) is 9.05. The molecule has 1 aliphatic rings. The van der Waals surface area contributed by atoms with Crippen LogP contribution in [0.2, 0.25) is 0 Å². The zero-order chi connectivity index (χ0) is 23.6. The minimum atomic E-state index is -0.628. The standard InChI is InChI=1S/C27H28N4O2/c1-4-27(29,5-2)21-13-11-20(12-14-21)25-22(19-9-7-6-8-10-19)15-23-26(30-25)33-17-24(32)31(23)18(3)16-28/h6-15,18H,4-5,17,29H2,1-3H3. The van der Waals surface area contributed by atoms with Crippen LogP contribution in [0.4, 0.5) is 5.69 Å². The normalized spacial score (nSPS) is 14.3. The molecule has 1 aliphatic heterocycles. The fraction of sp³-hybridized carbons (Fsp3) is 0.296. The third-order valence-corrected chi connectivity index (χ3v) is 6.48. The number of pyridine rings is 1. The molecule has 1 amide bonds. The summed E-state index contributed by atoms with van der Waals surface area (Å²) >= 11 is 0. The molecule has 6 heteroatoms. The maximum absolute atomic E-state index is 12.6. The van der Waals surface area contributed by atoms with E-state index < -0.39 is 6.04 Å². The van der Waals surface area contributed by atoms with Crippen LogP contribution in [0, 0.1) is 11.3 Å². The molecule has 3 aromatic rings. The topological polar surface area (TPSA) is 92.2 Å². The van der Waals surface area contributed by atoms with E-state index >= 15 is 0 Å². The molecule has 0 fully saturated rings. The summed E-state index contributed by atoms with van der Waals surface area (Å²) in [5, 5.41) is 9.47. The van der Waals surface area contributed by atoms with Crippen molar-refractivity contribution in [3.63, 3.8) is 0 Å². The highest BCUT2D eigenvalue weighted by Crippen LogP contribution is 2.41. The van der Waals surface area contributed by atoms with Crippen LogP contribution in [0.5, 0.6) is 5.88 Å². The number of fused-ring (bicyclic) bond motifs is 1. The number of rotatable bonds is 6. The Morgan fingerprint density at radius 2 is 1.79 bits per heavy atom. The number of anilines is 1. The molecular formula is C27H28N4O2. The van der Waals surface area contributed by atoms with Gasteiger partial charge in [0.1, 0.15) is 11.7 Å². The van der Waals surface area contributed by atoms with Gasteiger partial charge in [-0.15, -0.1) is 0 Å². The summed E-state index contributed by atoms with van der Waals surface area (Å²) in [6.07, 6.45) is 1.70. The molecule has 6 nitrogen and oxygen atoms in total. The van der Waals surface area contributed by atoms with Crippen molar-refractivity contribution in [2.75, 3.05) is 11.5 Å². The van der Waals surface area contributed by atoms with Crippen LogP contribution >= 0.6 is 0 Å². The van der Waals surface area contributed by atoms with Crippen molar-refractivity contribution in [3.05, 3.63) is 66.2 Å². The number of amides is 1. The van der Waals surface area contributed by atoms with Gasteiger partial charge in [-0.3, -0.25) is 9.69 Å². The number of carbonyl (C=O) groups is 1. The smallest absolute Gasteiger partial charge is 0.266 e. The van der Waals surface area contributed by atoms with Gasteiger partial charge in [-0.1, -0.05) is 68.4 Å². The van der Waals surface area contributed by atoms with Crippen LogP contribution in [0.1, 0.15) is 39.2 Å². The Hall–Kier alpha value is -3.69. The minimum Gasteiger partial charge on any atom is -0.466 e. The second-order valence-electron chi connectivity index (χ2n) is 8.37. The number of nitrogens with zero attached hydrogens (tertiary/aromatic N) is 3. The molecule has 33 heavy (non-hydrogen) atoms. The van der Waals surface area contributed by atoms with E-state index in [1.807, 2.05) is 48.5 Å². The van der Waals surface area contributed by atoms with E-state index in [1.54, 1.807) is 6.92 Å². The minimum absolute atomic E-state index is 0.141. The number of hydrogen-bond donors (Lipinski definition) is 1. The number of ether oxygens (including phenoxy) is 1. The molecule has 0 bridgehead atoms. The maximum Gasteiger partial charge on any atom is 0.266 e. The number of carbonyl (C=O) groups excluding carboxylic acids is 1. The summed E-state index contributed by atoms with van der Waals surface area (Å²) in [7, 11) is 0. The number of benzene rings is 2. The Morgan fingerprint density at radius 3 is 2.39 bits per heavy atom. The predicted octanol–water partition coefficient (Wildman–Crippen LogP) is 5.03. The molecule has 2 N–H and O–H groups in total. The van der Waals surface area contributed by atoms with Crippen LogP contribution in [0.15, 0.2) is 60.7 Å². The Balaban J connectivity index is 1.89. The first-order valence-corrected chi connectivity index (χ1v) is 11.3. The average Bonchev–Trinajstić information content (AvgIpc) is 2.87. The Labute approximate surface area is 194 Å². The average molecular weight is 441 g/mol. The third kappa shape index (κ3) is 4.08. The van der Waals surface area contributed by atoms with Gasteiger partial charge in [-0.05, 0) is 37.0 Å². The van der Waals surface area contributed by atoms with Crippen LogP contribution in [0.3, 0.4) is 0 Å². The monoisotopic (exact) mass is 440 g/mol. The van der Waals surface area contributed by atoms with Gasteiger partial charge in [-0.2, -0.15) is 5.26 Å². The third-order valence-electron chi connectivity index (χ3n) is 6.48. The van der Waals surface area contributed by atoms with E-state index in [0.29, 0.717) is 11.6 Å². The Bertz CT molecular complexity index is 1200. The van der Waals surface area contributed by atoms with Crippen LogP contribution < -0.4 is 15.4 Å². The van der Waals surface area contributed by atoms with Crippen molar-refractivity contribution in [1.82, 2.24) is 4.98 Å². The number of nitrogens with two attached hydrogens (primary N) is 1. The first-order valence-electron chi connectivity index (χ1n) is 11.3. The fourth-order valence-electron chi connectivity index (χ4n) is 4.26. The van der Waals surface area contributed by atoms with E-state index in [0.717, 1.165) is 40.8 Å². The molecule has 0 aliphatic carbocycles. The zero-order valence-corrected chi connectivity index (χ0v) is 19.2. The largest absolute Gasteiger partial charge is 0.466 e. The van der Waals surface area contributed by atoms with Gasteiger partial charge in [-0.25, -0.2) is 4.98 Å². The second-order valence-corrected chi connectivity index (χ2v) is 8.37. The molecule has 0 spiro atoms. The highest BCUT2D eigenvalue weighted by atomic mass is 16.5. The molecular weight excluding hydrogens is 412 g/mol. The van der Waals surface area contributed by atoms with Gasteiger partial charge in [0.25, 0.3) is 5.91 Å². The van der Waals surface area contributed by atoms with Gasteiger partial charge in [0.05, 0.1) is 11.8 Å². The summed E-state index contributed by atoms with van der Waals surface area (Å²) in [4.78, 5) is 18.9. The van der Waals surface area contributed by atoms with Crippen molar-refractivity contribution < 1.29 is 9.53 Å². The molecule has 2 aromatic carbocycles. The van der Waals surface area contributed by atoms with Crippen molar-refractivity contribution in [1.29, 1.82) is 5.26 Å². The molecule has 1 aromatic heterocycles. The summed E-state index contributed by atoms with van der Waals surface area (Å²) in [5.41, 5.74) is 11.3. The summed E-state index contributed by atoms with van der Waals surface area (Å²) in [6.45, 7) is 5.76. The zero-order valence-electron chi connectivity index (χ0n) is 19.2. The van der Waals surface area contributed by atoms with Gasteiger partial charge >= 0.3 is 0 Å². The van der Waals surface area contributed by atoms with E-state index in [1.165, 1.54) is 4.90 Å². The van der Waals surface area contributed by atoms with Gasteiger partial charge in [0.2, 0.25) is 5.88 Å². The van der Waals surface area contributed by atoms with Crippen molar-refractivity contribution >= 4 is 11.6 Å². The number of nitriles is 1. The first kappa shape index (κ1) is 22.5. The fourth-order valence-corrected chi connectivity index (χ4v) is 4.26. The number of hydrogen-bond acceptors (Lipinski definition) is 5. The van der Waals surface area contributed by atoms with Crippen LogP contribution in [0.25, 0.3) is 22.4 Å². The Kier molecular flexibility index (Phi) is 6.17. The molecule has 2 heterocycles. The lowest BCUT2D eigenvalue weighted by Gasteiger charge is -2.31. The van der Waals surface area contributed by atoms with Crippen molar-refractivity contribution in [2.24, 2.45) is 5.73 Å². The SMILES string of the molecule is CCC(N)(CC)c1ccc(-c2nc3c(cc2-c2ccccc2)N(C(C)C#N)C(=O)CO3)cc1. The molecule has 1 atom stereocenters. The van der Waals surface area contributed by atoms with Crippen molar-refractivity contribution in [3.8, 4) is 34.3 Å². The molecule has 1 unspecified atom stereocenters. The van der Waals surface area contributed by atoms with Gasteiger partial charge < -0.3 is 10.5 Å². The Morgan fingerprint density at radius 1 is 1.12 bits per heavy atom. The highest BCUT2D eigenvalue weighted by molar-refractivity contribution is 6.00. The van der Waals surface area contributed by atoms with Crippen molar-refractivity contribution in [2.45, 2.75) is 45.2 Å². The lowest BCUT2D eigenvalue weighted by Crippen LogP contribution is -2.44. The molecule has 0 saturated heterocycles. The maximum atomic E-state index is 12.6. The molecule has 0 saturated carbocycles. The van der Waals surface area contributed by atoms with E-state index in [4.69, 9.17) is 15.5 Å². The molecule has 0 radical (unpaired) electrons. The van der Waals surface area contributed by atoms with E-state index in [9.17, 15) is 10.1 Å². The van der Waals surface area contributed by atoms with Gasteiger partial charge in [0.15, 0.2) is 6.61 Å². The number of aromatic nitrogens is 1. The van der Waals surface area contributed by atoms with E-state index in [-0.39, 0.29) is 18.1 Å². The molecule has 168 valence electrons. The predicted molar refractivity (Wildman–Crippen MR) is 130 cm³/mol. The first-order chi connectivity index (χ1) is 15.9. The summed E-state index contributed by atoms with van der Waals surface area (Å²) in [6, 6.07) is 21.5. The molecule has 4 rings (SSSR count). The van der Waals surface area contributed by atoms with Crippen LogP contribution in [-0.4, -0.2) is 23.5 Å². The summed E-state index contributed by atoms with van der Waals surface area (Å²) < 4.78 is 5.69. The van der Waals surface area contributed by atoms with E-state index in [2.05, 4.69) is 32.0 Å². The quantitative estimate of drug-likeness (QED) is 0.580. The highest BCUT2D eigenvalue weighted by Gasteiger charge is 2.32. The lowest BCUT2D eigenvalue weighted by atomic mass is 9.85. The summed E-state index contributed by atoms with van der Waals surface area (Å²) in [5.74, 6) is 0.0960. The van der Waals surface area contributed by atoms with Gasteiger partial charge in [0, 0.05) is 16.7 Å². The van der Waals surface area contributed by atoms with Crippen LogP contribution in [-0.2, 0) is 10.3 Å². The lowest BCUT2D eigenvalue weighted by molar-refractivity contribution is -0.121.